The summed E-state index contributed by atoms with van der Waals surface area (Å²) in [4.78, 5) is 25.9. The van der Waals surface area contributed by atoms with Gasteiger partial charge in [-0.3, -0.25) is 0 Å². The van der Waals surface area contributed by atoms with Crippen LogP contribution in [0.2, 0.25) is 0 Å². The van der Waals surface area contributed by atoms with E-state index in [1.807, 2.05) is 24.3 Å². The second-order valence-corrected chi connectivity index (χ2v) is 8.22. The van der Waals surface area contributed by atoms with E-state index in [2.05, 4.69) is 36.5 Å². The van der Waals surface area contributed by atoms with Crippen LogP contribution in [-0.4, -0.2) is 40.3 Å². The molecule has 9 heteroatoms. The summed E-state index contributed by atoms with van der Waals surface area (Å²) in [5.74, 6) is 1.78. The van der Waals surface area contributed by atoms with Crippen LogP contribution in [0.4, 0.5) is 17.5 Å². The molecule has 1 aliphatic carbocycles. The maximum atomic E-state index is 12.0. The number of benzene rings is 1. The van der Waals surface area contributed by atoms with E-state index in [4.69, 9.17) is 4.84 Å². The molecule has 0 amide bonds. The van der Waals surface area contributed by atoms with E-state index >= 15 is 0 Å². The average molecular weight is 465 g/mol. The largest absolute Gasteiger partial charge is 0.396 e. The number of hydrogen-bond acceptors (Lipinski definition) is 7. The molecule has 1 aromatic carbocycles. The molecule has 0 aliphatic heterocycles. The number of aromatic nitrogens is 2. The number of nitrogens with zero attached hydrogens (tertiary/aromatic N) is 3. The summed E-state index contributed by atoms with van der Waals surface area (Å²) >= 11 is 3.46. The summed E-state index contributed by atoms with van der Waals surface area (Å²) in [6, 6.07) is 7.97. The first-order chi connectivity index (χ1) is 14.1. The van der Waals surface area contributed by atoms with Gasteiger partial charge in [-0.15, -0.1) is 0 Å². The van der Waals surface area contributed by atoms with Gasteiger partial charge in [0.15, 0.2) is 7.11 Å². The monoisotopic (exact) mass is 464 g/mol. The van der Waals surface area contributed by atoms with Gasteiger partial charge in [-0.1, -0.05) is 28.1 Å². The zero-order valence-corrected chi connectivity index (χ0v) is 18.1. The van der Waals surface area contributed by atoms with Crippen molar-refractivity contribution in [2.24, 2.45) is 11.8 Å². The van der Waals surface area contributed by atoms with Gasteiger partial charge in [-0.2, -0.15) is 4.98 Å². The molecule has 1 fully saturated rings. The van der Waals surface area contributed by atoms with Gasteiger partial charge in [-0.25, -0.2) is 9.82 Å². The summed E-state index contributed by atoms with van der Waals surface area (Å²) in [7, 11) is 1.31. The van der Waals surface area contributed by atoms with Gasteiger partial charge in [0.2, 0.25) is 11.8 Å². The van der Waals surface area contributed by atoms with E-state index < -0.39 is 0 Å². The molecule has 0 atom stereocenters. The maximum absolute atomic E-state index is 12.0. The molecule has 3 rings (SSSR count). The molecule has 0 spiro atoms. The van der Waals surface area contributed by atoms with Crippen LogP contribution in [0.1, 0.15) is 31.2 Å². The highest BCUT2D eigenvalue weighted by Crippen LogP contribution is 2.30. The van der Waals surface area contributed by atoms with Gasteiger partial charge >= 0.3 is 5.69 Å². The Morgan fingerprint density at radius 1 is 1.24 bits per heavy atom. The highest BCUT2D eigenvalue weighted by molar-refractivity contribution is 9.10. The first-order valence-electron chi connectivity index (χ1n) is 9.80. The van der Waals surface area contributed by atoms with Gasteiger partial charge in [0.1, 0.15) is 6.20 Å². The molecule has 156 valence electrons. The fourth-order valence-electron chi connectivity index (χ4n) is 3.51. The lowest BCUT2D eigenvalue weighted by molar-refractivity contribution is -0.736. The number of aliphatic hydroxyl groups is 1. The Labute approximate surface area is 178 Å². The highest BCUT2D eigenvalue weighted by atomic mass is 79.9. The SMILES string of the molecule is CO[N+](=O)c1cnc(NCc2cccc(Br)c2)nc1NCC1CCC(CO)CC1. The van der Waals surface area contributed by atoms with E-state index in [0.29, 0.717) is 41.6 Å². The Morgan fingerprint density at radius 3 is 2.69 bits per heavy atom. The summed E-state index contributed by atoms with van der Waals surface area (Å²) in [5.41, 5.74) is 1.33. The lowest BCUT2D eigenvalue weighted by Crippen LogP contribution is -2.23. The summed E-state index contributed by atoms with van der Waals surface area (Å²) in [6.45, 7) is 1.54. The molecule has 0 unspecified atom stereocenters. The minimum Gasteiger partial charge on any atom is -0.396 e. The zero-order valence-electron chi connectivity index (χ0n) is 16.5. The van der Waals surface area contributed by atoms with Gasteiger partial charge in [0, 0.05) is 24.2 Å². The van der Waals surface area contributed by atoms with Crippen molar-refractivity contribution in [1.82, 2.24) is 9.97 Å². The molecule has 1 aromatic heterocycles. The van der Waals surface area contributed by atoms with E-state index in [0.717, 1.165) is 35.7 Å². The Hall–Kier alpha value is -2.26. The smallest absolute Gasteiger partial charge is 0.376 e. The quantitative estimate of drug-likeness (QED) is 0.481. The molecule has 29 heavy (non-hydrogen) atoms. The molecule has 0 saturated heterocycles. The van der Waals surface area contributed by atoms with Crippen molar-refractivity contribution in [2.45, 2.75) is 32.2 Å². The van der Waals surface area contributed by atoms with Crippen LogP contribution in [0.15, 0.2) is 34.9 Å². The fraction of sp³-hybridized carbons (Fsp3) is 0.500. The third-order valence-corrected chi connectivity index (χ3v) is 5.75. The lowest BCUT2D eigenvalue weighted by atomic mass is 9.82. The molecule has 1 heterocycles. The first-order valence-corrected chi connectivity index (χ1v) is 10.6. The third kappa shape index (κ3) is 6.11. The summed E-state index contributed by atoms with van der Waals surface area (Å²) < 4.78 is 1.01. The molecular weight excluding hydrogens is 438 g/mol. The van der Waals surface area contributed by atoms with Gasteiger partial charge < -0.3 is 15.7 Å². The van der Waals surface area contributed by atoms with E-state index in [1.54, 1.807) is 0 Å². The van der Waals surface area contributed by atoms with Crippen molar-refractivity contribution >= 4 is 33.4 Å². The predicted molar refractivity (Wildman–Crippen MR) is 115 cm³/mol. The number of halogens is 1. The van der Waals surface area contributed by atoms with Crippen LogP contribution in [0, 0.1) is 16.7 Å². The maximum Gasteiger partial charge on any atom is 0.376 e. The van der Waals surface area contributed by atoms with Crippen LogP contribution in [0.3, 0.4) is 0 Å². The van der Waals surface area contributed by atoms with Crippen molar-refractivity contribution < 1.29 is 14.9 Å². The normalized spacial score (nSPS) is 18.9. The van der Waals surface area contributed by atoms with Gasteiger partial charge in [-0.05, 0) is 55.2 Å². The summed E-state index contributed by atoms with van der Waals surface area (Å²) in [5, 5.41) is 15.8. The second-order valence-electron chi connectivity index (χ2n) is 7.30. The topological polar surface area (TPSA) is 99.4 Å². The molecule has 0 radical (unpaired) electrons. The van der Waals surface area contributed by atoms with E-state index in [9.17, 15) is 10.0 Å². The molecule has 8 nitrogen and oxygen atoms in total. The molecule has 0 bridgehead atoms. The van der Waals surface area contributed by atoms with Crippen LogP contribution in [-0.2, 0) is 11.4 Å². The van der Waals surface area contributed by atoms with Crippen molar-refractivity contribution in [1.29, 1.82) is 0 Å². The molecule has 1 aliphatic rings. The molecular formula is C20H27BrN5O3+. The molecule has 3 N–H and O–H groups in total. The van der Waals surface area contributed by atoms with Gasteiger partial charge in [0.25, 0.3) is 4.92 Å². The number of rotatable bonds is 9. The average Bonchev–Trinajstić information content (AvgIpc) is 2.76. The molecule has 1 saturated carbocycles. The highest BCUT2D eigenvalue weighted by Gasteiger charge is 2.26. The van der Waals surface area contributed by atoms with Crippen LogP contribution in [0.5, 0.6) is 0 Å². The Bertz CT molecular complexity index is 828. The predicted octanol–water partition coefficient (Wildman–Crippen LogP) is 4.03. The van der Waals surface area contributed by atoms with E-state index in [-0.39, 0.29) is 12.3 Å². The first kappa shape index (κ1) is 21.4. The lowest BCUT2D eigenvalue weighted by Gasteiger charge is -2.27. The number of anilines is 2. The van der Waals surface area contributed by atoms with Crippen LogP contribution < -0.4 is 10.6 Å². The zero-order chi connectivity index (χ0) is 20.6. The summed E-state index contributed by atoms with van der Waals surface area (Å²) in [6.07, 6.45) is 5.63. The Kier molecular flexibility index (Phi) is 7.76. The number of aliphatic hydroxyl groups excluding tert-OH is 1. The van der Waals surface area contributed by atoms with Crippen molar-refractivity contribution in [3.8, 4) is 0 Å². The fourth-order valence-corrected chi connectivity index (χ4v) is 3.96. The van der Waals surface area contributed by atoms with Crippen LogP contribution in [0.25, 0.3) is 0 Å². The third-order valence-electron chi connectivity index (χ3n) is 5.25. The van der Waals surface area contributed by atoms with E-state index in [1.165, 1.54) is 13.3 Å². The standard InChI is InChI=1S/C20H27BrN5O3/c1-29-26(28)18-12-24-20(23-11-16-3-2-4-17(21)9-16)25-19(18)22-10-14-5-7-15(13-27)8-6-14/h2-4,9,12,14-15,27H,5-8,10-11,13H2,1H3,(H2,22,23,24,25)/q+1. The second kappa shape index (κ2) is 10.5. The Balaban J connectivity index is 1.66. The number of hydrogen-bond donors (Lipinski definition) is 3. The van der Waals surface area contributed by atoms with Crippen molar-refractivity contribution in [2.75, 3.05) is 30.9 Å². The van der Waals surface area contributed by atoms with Crippen molar-refractivity contribution in [3.63, 3.8) is 0 Å². The Morgan fingerprint density at radius 2 is 2.00 bits per heavy atom. The number of nitrogens with one attached hydrogen (secondary N) is 2. The minimum absolute atomic E-state index is 0.240. The van der Waals surface area contributed by atoms with Gasteiger partial charge in [0.05, 0.1) is 4.91 Å². The van der Waals surface area contributed by atoms with Crippen molar-refractivity contribution in [3.05, 3.63) is 45.4 Å². The van der Waals surface area contributed by atoms with Crippen LogP contribution >= 0.6 is 15.9 Å². The minimum atomic E-state index is 0.240. The molecule has 2 aromatic rings.